The molecule has 0 spiro atoms. The fourth-order valence-corrected chi connectivity index (χ4v) is 2.05. The lowest BCUT2D eigenvalue weighted by molar-refractivity contribution is -0.135. The number of carbonyl (C=O) groups is 2. The lowest BCUT2D eigenvalue weighted by atomic mass is 10.2. The van der Waals surface area contributed by atoms with Gasteiger partial charge in [0.1, 0.15) is 0 Å². The van der Waals surface area contributed by atoms with Gasteiger partial charge in [0.05, 0.1) is 6.54 Å². The molecule has 1 heterocycles. The predicted molar refractivity (Wildman–Crippen MR) is 78.7 cm³/mol. The van der Waals surface area contributed by atoms with Crippen LogP contribution in [0.5, 0.6) is 0 Å². The van der Waals surface area contributed by atoms with Gasteiger partial charge in [0.25, 0.3) is 0 Å². The number of benzene rings is 1. The van der Waals surface area contributed by atoms with Crippen molar-refractivity contribution < 1.29 is 9.59 Å². The Balaban J connectivity index is 2.00. The van der Waals surface area contributed by atoms with Crippen molar-refractivity contribution in [2.75, 3.05) is 32.4 Å². The molecule has 0 radical (unpaired) electrons. The van der Waals surface area contributed by atoms with Crippen LogP contribution in [0.15, 0.2) is 30.3 Å². The van der Waals surface area contributed by atoms with Crippen molar-refractivity contribution in [1.29, 1.82) is 0 Å². The van der Waals surface area contributed by atoms with Gasteiger partial charge in [-0.15, -0.1) is 0 Å². The Morgan fingerprint density at radius 1 is 1.25 bits per heavy atom. The molecule has 1 aliphatic rings. The van der Waals surface area contributed by atoms with Crippen molar-refractivity contribution in [3.63, 3.8) is 0 Å². The van der Waals surface area contributed by atoms with Gasteiger partial charge in [-0.05, 0) is 30.2 Å². The smallest absolute Gasteiger partial charge is 0.247 e. The van der Waals surface area contributed by atoms with E-state index < -0.39 is 0 Å². The van der Waals surface area contributed by atoms with E-state index in [2.05, 4.69) is 0 Å². The maximum absolute atomic E-state index is 12.1. The van der Waals surface area contributed by atoms with Crippen LogP contribution in [0.1, 0.15) is 12.0 Å². The van der Waals surface area contributed by atoms with Crippen LogP contribution in [0.4, 0.5) is 5.69 Å². The second-order valence-corrected chi connectivity index (χ2v) is 4.93. The Morgan fingerprint density at radius 3 is 2.65 bits per heavy atom. The third kappa shape index (κ3) is 3.60. The van der Waals surface area contributed by atoms with Crippen molar-refractivity contribution in [3.8, 4) is 0 Å². The van der Waals surface area contributed by atoms with Gasteiger partial charge in [0.15, 0.2) is 0 Å². The van der Waals surface area contributed by atoms with Crippen LogP contribution in [-0.2, 0) is 9.59 Å². The Morgan fingerprint density at radius 2 is 1.95 bits per heavy atom. The number of amides is 2. The average Bonchev–Trinajstić information content (AvgIpc) is 2.60. The van der Waals surface area contributed by atoms with Crippen LogP contribution >= 0.6 is 0 Å². The van der Waals surface area contributed by atoms with Crippen LogP contribution in [0.3, 0.4) is 0 Å². The van der Waals surface area contributed by atoms with E-state index in [1.165, 1.54) is 6.08 Å². The van der Waals surface area contributed by atoms with Gasteiger partial charge >= 0.3 is 0 Å². The molecule has 1 aromatic rings. The van der Waals surface area contributed by atoms with Crippen LogP contribution in [-0.4, -0.2) is 48.3 Å². The lowest BCUT2D eigenvalue weighted by Crippen LogP contribution is -2.37. The summed E-state index contributed by atoms with van der Waals surface area (Å²) < 4.78 is 0. The number of anilines is 1. The SMILES string of the molecule is CN1CCCN(C(=O)/C=C/c2ccc(N)cc2)CC1=O. The number of nitrogen functional groups attached to an aromatic ring is 1. The molecule has 0 unspecified atom stereocenters. The summed E-state index contributed by atoms with van der Waals surface area (Å²) in [4.78, 5) is 27.1. The molecule has 1 aromatic carbocycles. The first-order valence-electron chi connectivity index (χ1n) is 6.63. The summed E-state index contributed by atoms with van der Waals surface area (Å²) in [7, 11) is 1.76. The summed E-state index contributed by atoms with van der Waals surface area (Å²) in [6, 6.07) is 7.27. The minimum atomic E-state index is -0.134. The topological polar surface area (TPSA) is 66.6 Å². The zero-order chi connectivity index (χ0) is 14.5. The molecule has 0 bridgehead atoms. The normalized spacial score (nSPS) is 16.6. The zero-order valence-electron chi connectivity index (χ0n) is 11.6. The quantitative estimate of drug-likeness (QED) is 0.645. The van der Waals surface area contributed by atoms with E-state index in [0.29, 0.717) is 18.8 Å². The Kier molecular flexibility index (Phi) is 4.40. The van der Waals surface area contributed by atoms with Gasteiger partial charge in [0.2, 0.25) is 11.8 Å². The van der Waals surface area contributed by atoms with Crippen molar-refractivity contribution in [2.45, 2.75) is 6.42 Å². The van der Waals surface area contributed by atoms with E-state index in [9.17, 15) is 9.59 Å². The summed E-state index contributed by atoms with van der Waals surface area (Å²) in [6.07, 6.45) is 4.05. The molecule has 2 rings (SSSR count). The molecular weight excluding hydrogens is 254 g/mol. The molecular formula is C15H19N3O2. The molecule has 5 nitrogen and oxygen atoms in total. The number of hydrogen-bond acceptors (Lipinski definition) is 3. The van der Waals surface area contributed by atoms with Gasteiger partial charge in [-0.3, -0.25) is 9.59 Å². The standard InChI is InChI=1S/C15H19N3O2/c1-17-9-2-10-18(11-15(17)20)14(19)8-5-12-3-6-13(16)7-4-12/h3-8H,2,9-11,16H2,1H3/b8-5+. The van der Waals surface area contributed by atoms with Gasteiger partial charge in [0, 0.05) is 31.9 Å². The van der Waals surface area contributed by atoms with Gasteiger partial charge in [-0.25, -0.2) is 0 Å². The summed E-state index contributed by atoms with van der Waals surface area (Å²) in [5.41, 5.74) is 7.20. The zero-order valence-corrected chi connectivity index (χ0v) is 11.6. The fourth-order valence-electron chi connectivity index (χ4n) is 2.05. The van der Waals surface area contributed by atoms with E-state index in [1.54, 1.807) is 35.1 Å². The Bertz CT molecular complexity index is 522. The molecule has 0 atom stereocenters. The number of rotatable bonds is 2. The molecule has 106 valence electrons. The number of nitrogens with two attached hydrogens (primary N) is 1. The molecule has 5 heteroatoms. The van der Waals surface area contributed by atoms with Crippen LogP contribution in [0.2, 0.25) is 0 Å². The van der Waals surface area contributed by atoms with Crippen LogP contribution in [0, 0.1) is 0 Å². The molecule has 0 saturated carbocycles. The average molecular weight is 273 g/mol. The molecule has 20 heavy (non-hydrogen) atoms. The highest BCUT2D eigenvalue weighted by Gasteiger charge is 2.21. The summed E-state index contributed by atoms with van der Waals surface area (Å²) in [5.74, 6) is -0.151. The Labute approximate surface area is 118 Å². The maximum atomic E-state index is 12.1. The van der Waals surface area contributed by atoms with Crippen molar-refractivity contribution >= 4 is 23.6 Å². The molecule has 0 aromatic heterocycles. The first-order chi connectivity index (χ1) is 9.56. The largest absolute Gasteiger partial charge is 0.399 e. The van der Waals surface area contributed by atoms with E-state index >= 15 is 0 Å². The van der Waals surface area contributed by atoms with Gasteiger partial charge < -0.3 is 15.5 Å². The molecule has 1 saturated heterocycles. The summed E-state index contributed by atoms with van der Waals surface area (Å²) in [6.45, 7) is 1.46. The van der Waals surface area contributed by atoms with Crippen molar-refractivity contribution in [3.05, 3.63) is 35.9 Å². The second-order valence-electron chi connectivity index (χ2n) is 4.93. The molecule has 2 amide bonds. The molecule has 1 fully saturated rings. The highest BCUT2D eigenvalue weighted by atomic mass is 16.2. The number of hydrogen-bond donors (Lipinski definition) is 1. The first-order valence-corrected chi connectivity index (χ1v) is 6.63. The second kappa shape index (κ2) is 6.23. The Hall–Kier alpha value is -2.30. The van der Waals surface area contributed by atoms with Crippen molar-refractivity contribution in [1.82, 2.24) is 9.80 Å². The maximum Gasteiger partial charge on any atom is 0.247 e. The molecule has 1 aliphatic heterocycles. The highest BCUT2D eigenvalue weighted by molar-refractivity contribution is 5.94. The monoisotopic (exact) mass is 273 g/mol. The minimum absolute atomic E-state index is 0.0169. The van der Waals surface area contributed by atoms with Crippen molar-refractivity contribution in [2.24, 2.45) is 0 Å². The summed E-state index contributed by atoms with van der Waals surface area (Å²) in [5, 5.41) is 0. The highest BCUT2D eigenvalue weighted by Crippen LogP contribution is 2.08. The van der Waals surface area contributed by atoms with E-state index in [1.807, 2.05) is 12.1 Å². The molecule has 0 aliphatic carbocycles. The fraction of sp³-hybridized carbons (Fsp3) is 0.333. The van der Waals surface area contributed by atoms with Gasteiger partial charge in [-0.1, -0.05) is 12.1 Å². The number of likely N-dealkylation sites (N-methyl/N-ethyl adjacent to an activating group) is 1. The third-order valence-electron chi connectivity index (χ3n) is 3.34. The van der Waals surface area contributed by atoms with Crippen LogP contribution in [0.25, 0.3) is 6.08 Å². The molecule has 2 N–H and O–H groups in total. The minimum Gasteiger partial charge on any atom is -0.399 e. The van der Waals surface area contributed by atoms with E-state index in [4.69, 9.17) is 5.73 Å². The van der Waals surface area contributed by atoms with E-state index in [0.717, 1.165) is 12.0 Å². The summed E-state index contributed by atoms with van der Waals surface area (Å²) >= 11 is 0. The first kappa shape index (κ1) is 14.1. The number of nitrogens with zero attached hydrogens (tertiary/aromatic N) is 2. The predicted octanol–water partition coefficient (Wildman–Crippen LogP) is 0.973. The number of carbonyl (C=O) groups excluding carboxylic acids is 2. The third-order valence-corrected chi connectivity index (χ3v) is 3.34. The lowest BCUT2D eigenvalue weighted by Gasteiger charge is -2.17. The van der Waals surface area contributed by atoms with Gasteiger partial charge in [-0.2, -0.15) is 0 Å². The van der Waals surface area contributed by atoms with Crippen LogP contribution < -0.4 is 5.73 Å². The van der Waals surface area contributed by atoms with E-state index in [-0.39, 0.29) is 18.4 Å².